The van der Waals surface area contributed by atoms with Crippen LogP contribution >= 0.6 is 0 Å². The Kier molecular flexibility index (Phi) is 5.55. The molecule has 0 aliphatic heterocycles. The lowest BCUT2D eigenvalue weighted by Gasteiger charge is -2.12. The first-order valence-electron chi connectivity index (χ1n) is 8.07. The van der Waals surface area contributed by atoms with E-state index in [0.717, 1.165) is 5.56 Å². The molecule has 3 rings (SSSR count). The Morgan fingerprint density at radius 3 is 2.38 bits per heavy atom. The third kappa shape index (κ3) is 4.62. The molecule has 1 unspecified atom stereocenters. The lowest BCUT2D eigenvalue weighted by atomic mass is 10.2. The zero-order valence-corrected chi connectivity index (χ0v) is 15.2. The summed E-state index contributed by atoms with van der Waals surface area (Å²) in [5.41, 5.74) is 1.49. The number of nitrogens with one attached hydrogen (secondary N) is 2. The summed E-state index contributed by atoms with van der Waals surface area (Å²) in [6.45, 7) is 4.00. The van der Waals surface area contributed by atoms with Crippen LogP contribution in [0.25, 0.3) is 11.4 Å². The quantitative estimate of drug-likeness (QED) is 0.570. The molecular formula is C18H19N5O2S. The molecule has 1 atom stereocenters. The lowest BCUT2D eigenvalue weighted by Crippen LogP contribution is -2.14. The molecular weight excluding hydrogens is 350 g/mol. The lowest BCUT2D eigenvalue weighted by molar-refractivity contribution is 0.564. The molecule has 26 heavy (non-hydrogen) atoms. The van der Waals surface area contributed by atoms with E-state index in [9.17, 15) is 8.76 Å². The Morgan fingerprint density at radius 1 is 0.962 bits per heavy atom. The average molecular weight is 369 g/mol. The van der Waals surface area contributed by atoms with Gasteiger partial charge in [-0.25, -0.2) is 4.21 Å². The van der Waals surface area contributed by atoms with Gasteiger partial charge in [0.2, 0.25) is 11.9 Å². The SMILES string of the molecule is CC(C)Nc1nc(Nc2cccc(S(=O)O)c2)nc(-c2ccccc2)n1. The summed E-state index contributed by atoms with van der Waals surface area (Å²) in [6, 6.07) is 16.4. The van der Waals surface area contributed by atoms with Gasteiger partial charge in [-0.1, -0.05) is 36.4 Å². The Bertz CT molecular complexity index is 918. The van der Waals surface area contributed by atoms with Gasteiger partial charge < -0.3 is 15.2 Å². The molecule has 0 aliphatic rings. The van der Waals surface area contributed by atoms with Crippen LogP contribution in [0.4, 0.5) is 17.6 Å². The van der Waals surface area contributed by atoms with E-state index in [1.807, 2.05) is 44.2 Å². The van der Waals surface area contributed by atoms with E-state index < -0.39 is 11.1 Å². The monoisotopic (exact) mass is 369 g/mol. The first-order chi connectivity index (χ1) is 12.5. The molecule has 0 saturated heterocycles. The molecule has 8 heteroatoms. The van der Waals surface area contributed by atoms with E-state index in [1.165, 1.54) is 0 Å². The van der Waals surface area contributed by atoms with Gasteiger partial charge in [0.25, 0.3) is 0 Å². The summed E-state index contributed by atoms with van der Waals surface area (Å²) in [5, 5.41) is 6.26. The molecule has 3 N–H and O–H groups in total. The van der Waals surface area contributed by atoms with E-state index >= 15 is 0 Å². The molecule has 2 aromatic carbocycles. The predicted molar refractivity (Wildman–Crippen MR) is 103 cm³/mol. The van der Waals surface area contributed by atoms with Gasteiger partial charge >= 0.3 is 0 Å². The Balaban J connectivity index is 1.97. The molecule has 3 aromatic rings. The van der Waals surface area contributed by atoms with Crippen molar-refractivity contribution in [2.45, 2.75) is 24.8 Å². The minimum atomic E-state index is -2.05. The summed E-state index contributed by atoms with van der Waals surface area (Å²) in [4.78, 5) is 13.6. The molecule has 0 bridgehead atoms. The zero-order valence-electron chi connectivity index (χ0n) is 14.4. The summed E-state index contributed by atoms with van der Waals surface area (Å²) in [7, 11) is 0. The van der Waals surface area contributed by atoms with Crippen molar-refractivity contribution in [3.05, 3.63) is 54.6 Å². The molecule has 1 aromatic heterocycles. The summed E-state index contributed by atoms with van der Waals surface area (Å²) in [5.74, 6) is 1.34. The highest BCUT2D eigenvalue weighted by atomic mass is 32.2. The molecule has 1 heterocycles. The predicted octanol–water partition coefficient (Wildman–Crippen LogP) is 3.68. The van der Waals surface area contributed by atoms with Crippen LogP contribution in [-0.2, 0) is 11.1 Å². The van der Waals surface area contributed by atoms with E-state index in [1.54, 1.807) is 24.3 Å². The van der Waals surface area contributed by atoms with Gasteiger partial charge in [0.15, 0.2) is 16.9 Å². The van der Waals surface area contributed by atoms with E-state index in [4.69, 9.17) is 0 Å². The number of hydrogen-bond donors (Lipinski definition) is 3. The maximum Gasteiger partial charge on any atom is 0.232 e. The number of hydrogen-bond acceptors (Lipinski definition) is 6. The van der Waals surface area contributed by atoms with Gasteiger partial charge in [-0.3, -0.25) is 0 Å². The van der Waals surface area contributed by atoms with Crippen molar-refractivity contribution in [1.82, 2.24) is 15.0 Å². The second-order valence-corrected chi connectivity index (χ2v) is 6.84. The maximum atomic E-state index is 11.3. The zero-order chi connectivity index (χ0) is 18.5. The smallest absolute Gasteiger partial charge is 0.232 e. The van der Waals surface area contributed by atoms with Crippen molar-refractivity contribution < 1.29 is 8.76 Å². The summed E-state index contributed by atoms with van der Waals surface area (Å²) < 4.78 is 20.5. The highest BCUT2D eigenvalue weighted by molar-refractivity contribution is 7.79. The van der Waals surface area contributed by atoms with Crippen LogP contribution in [0.2, 0.25) is 0 Å². The fourth-order valence-electron chi connectivity index (χ4n) is 2.28. The number of benzene rings is 2. The van der Waals surface area contributed by atoms with Crippen molar-refractivity contribution in [2.75, 3.05) is 10.6 Å². The molecule has 0 saturated carbocycles. The Labute approximate surface area is 154 Å². The number of rotatable bonds is 6. The van der Waals surface area contributed by atoms with Crippen LogP contribution in [0.5, 0.6) is 0 Å². The molecule has 0 aliphatic carbocycles. The molecule has 0 fully saturated rings. The van der Waals surface area contributed by atoms with Crippen molar-refractivity contribution in [2.24, 2.45) is 0 Å². The van der Waals surface area contributed by atoms with Crippen molar-refractivity contribution in [1.29, 1.82) is 0 Å². The van der Waals surface area contributed by atoms with Crippen molar-refractivity contribution >= 4 is 28.7 Å². The highest BCUT2D eigenvalue weighted by Gasteiger charge is 2.10. The average Bonchev–Trinajstić information content (AvgIpc) is 2.62. The van der Waals surface area contributed by atoms with Crippen LogP contribution in [0.1, 0.15) is 13.8 Å². The van der Waals surface area contributed by atoms with Crippen LogP contribution in [0.3, 0.4) is 0 Å². The highest BCUT2D eigenvalue weighted by Crippen LogP contribution is 2.21. The van der Waals surface area contributed by atoms with Gasteiger partial charge in [0.1, 0.15) is 0 Å². The van der Waals surface area contributed by atoms with Gasteiger partial charge in [-0.15, -0.1) is 0 Å². The first-order valence-corrected chi connectivity index (χ1v) is 9.18. The molecule has 0 amide bonds. The number of nitrogens with zero attached hydrogens (tertiary/aromatic N) is 3. The minimum Gasteiger partial charge on any atom is -0.352 e. The number of anilines is 3. The normalized spacial score (nSPS) is 12.0. The topological polar surface area (TPSA) is 100 Å². The van der Waals surface area contributed by atoms with Crippen LogP contribution in [-0.4, -0.2) is 29.8 Å². The second kappa shape index (κ2) is 8.03. The molecule has 7 nitrogen and oxygen atoms in total. The first kappa shape index (κ1) is 18.0. The van der Waals surface area contributed by atoms with Crippen molar-refractivity contribution in [3.63, 3.8) is 0 Å². The summed E-state index contributed by atoms with van der Waals surface area (Å²) >= 11 is -2.05. The van der Waals surface area contributed by atoms with Crippen LogP contribution in [0.15, 0.2) is 59.5 Å². The van der Waals surface area contributed by atoms with E-state index in [-0.39, 0.29) is 6.04 Å². The van der Waals surface area contributed by atoms with Crippen LogP contribution < -0.4 is 10.6 Å². The maximum absolute atomic E-state index is 11.3. The largest absolute Gasteiger partial charge is 0.352 e. The number of aromatic nitrogens is 3. The van der Waals surface area contributed by atoms with Gasteiger partial charge in [-0.2, -0.15) is 15.0 Å². The standard InChI is InChI=1S/C18H19N5O2S/c1-12(2)19-17-21-16(13-7-4-3-5-8-13)22-18(23-17)20-14-9-6-10-15(11-14)26(24)25/h3-12H,1-2H3,(H,24,25)(H2,19,20,21,22,23). The molecule has 134 valence electrons. The minimum absolute atomic E-state index is 0.161. The van der Waals surface area contributed by atoms with E-state index in [2.05, 4.69) is 25.6 Å². The van der Waals surface area contributed by atoms with Crippen molar-refractivity contribution in [3.8, 4) is 11.4 Å². The molecule has 0 radical (unpaired) electrons. The second-order valence-electron chi connectivity index (χ2n) is 5.87. The third-order valence-corrected chi connectivity index (χ3v) is 4.03. The molecule has 0 spiro atoms. The Hall–Kier alpha value is -2.84. The van der Waals surface area contributed by atoms with Crippen LogP contribution in [0, 0.1) is 0 Å². The van der Waals surface area contributed by atoms with Gasteiger partial charge in [0, 0.05) is 17.3 Å². The Morgan fingerprint density at radius 2 is 1.69 bits per heavy atom. The van der Waals surface area contributed by atoms with Gasteiger partial charge in [0.05, 0.1) is 4.90 Å². The third-order valence-electron chi connectivity index (χ3n) is 3.38. The summed E-state index contributed by atoms with van der Waals surface area (Å²) in [6.07, 6.45) is 0. The van der Waals surface area contributed by atoms with Gasteiger partial charge in [-0.05, 0) is 32.0 Å². The fraction of sp³-hybridized carbons (Fsp3) is 0.167. The van der Waals surface area contributed by atoms with E-state index in [0.29, 0.717) is 28.3 Å². The fourth-order valence-corrected chi connectivity index (χ4v) is 2.71.